The molecule has 2 atom stereocenters. The number of methoxy groups -OCH3 is 2. The molecule has 1 aromatic carbocycles. The summed E-state index contributed by atoms with van der Waals surface area (Å²) in [6, 6.07) is 7.68. The van der Waals surface area contributed by atoms with Gasteiger partial charge in [-0.15, -0.1) is 0 Å². The number of likely N-dealkylation sites (tertiary alicyclic amines) is 1. The van der Waals surface area contributed by atoms with E-state index in [0.717, 1.165) is 23.6 Å². The molecule has 1 aliphatic rings. The molecule has 25 heavy (non-hydrogen) atoms. The number of hydrogen-bond donors (Lipinski definition) is 1. The van der Waals surface area contributed by atoms with Crippen LogP contribution in [0.15, 0.2) is 24.3 Å². The number of carbonyl (C=O) groups excluding carboxylic acids is 1. The van der Waals surface area contributed by atoms with Gasteiger partial charge in [0.2, 0.25) is 5.91 Å². The predicted molar refractivity (Wildman–Crippen MR) is 92.3 cm³/mol. The van der Waals surface area contributed by atoms with Crippen LogP contribution in [0.3, 0.4) is 0 Å². The van der Waals surface area contributed by atoms with Gasteiger partial charge in [0.15, 0.2) is 5.82 Å². The van der Waals surface area contributed by atoms with E-state index in [1.54, 1.807) is 14.2 Å². The average molecular weight is 344 g/mol. The molecular weight excluding hydrogens is 320 g/mol. The Balaban J connectivity index is 1.65. The zero-order valence-corrected chi connectivity index (χ0v) is 14.9. The topological polar surface area (TPSA) is 80.3 Å². The molecule has 7 nitrogen and oxygen atoms in total. The van der Waals surface area contributed by atoms with Crippen molar-refractivity contribution in [1.82, 2.24) is 20.1 Å². The standard InChI is InChI=1S/C18H24N4O3/c1-12-19-18(21-20-12)16-10-15(25-3)11-22(16)17(23)9-6-13-4-7-14(24-2)8-5-13/h4-5,7-8,15-16H,6,9-11H2,1-3H3,(H,19,20,21)/t15-,16+/m1/s1. The fourth-order valence-corrected chi connectivity index (χ4v) is 3.18. The van der Waals surface area contributed by atoms with Gasteiger partial charge in [0, 0.05) is 26.5 Å². The summed E-state index contributed by atoms with van der Waals surface area (Å²) in [7, 11) is 3.32. The Morgan fingerprint density at radius 3 is 2.68 bits per heavy atom. The van der Waals surface area contributed by atoms with Crippen molar-refractivity contribution < 1.29 is 14.3 Å². The van der Waals surface area contributed by atoms with Gasteiger partial charge in [-0.2, -0.15) is 5.10 Å². The summed E-state index contributed by atoms with van der Waals surface area (Å²) in [5, 5.41) is 7.09. The van der Waals surface area contributed by atoms with Gasteiger partial charge in [-0.1, -0.05) is 12.1 Å². The number of nitrogens with one attached hydrogen (secondary N) is 1. The number of benzene rings is 1. The quantitative estimate of drug-likeness (QED) is 0.867. The first-order valence-electron chi connectivity index (χ1n) is 8.44. The molecule has 1 N–H and O–H groups in total. The number of amides is 1. The molecule has 0 aliphatic carbocycles. The van der Waals surface area contributed by atoms with Gasteiger partial charge in [0.05, 0.1) is 19.3 Å². The SMILES string of the molecule is COc1ccc(CCC(=O)N2C[C@H](OC)C[C@H]2c2n[nH]c(C)n2)cc1. The third-order valence-corrected chi connectivity index (χ3v) is 4.62. The van der Waals surface area contributed by atoms with Crippen molar-refractivity contribution in [3.8, 4) is 5.75 Å². The van der Waals surface area contributed by atoms with Crippen molar-refractivity contribution in [2.75, 3.05) is 20.8 Å². The Morgan fingerprint density at radius 1 is 1.32 bits per heavy atom. The Bertz CT molecular complexity index is 713. The molecule has 0 unspecified atom stereocenters. The second kappa shape index (κ2) is 7.65. The third kappa shape index (κ3) is 3.99. The maximum absolute atomic E-state index is 12.8. The van der Waals surface area contributed by atoms with Crippen LogP contribution in [0.5, 0.6) is 5.75 Å². The molecule has 2 heterocycles. The highest BCUT2D eigenvalue weighted by Crippen LogP contribution is 2.32. The Kier molecular flexibility index (Phi) is 5.33. The molecule has 2 aromatic rings. The lowest BCUT2D eigenvalue weighted by molar-refractivity contribution is -0.132. The lowest BCUT2D eigenvalue weighted by Gasteiger charge is -2.22. The predicted octanol–water partition coefficient (Wildman–Crippen LogP) is 2.04. The van der Waals surface area contributed by atoms with Crippen LogP contribution in [0.1, 0.15) is 36.1 Å². The fraction of sp³-hybridized carbons (Fsp3) is 0.500. The highest BCUT2D eigenvalue weighted by molar-refractivity contribution is 5.77. The second-order valence-electron chi connectivity index (χ2n) is 6.28. The second-order valence-corrected chi connectivity index (χ2v) is 6.28. The number of nitrogens with zero attached hydrogens (tertiary/aromatic N) is 3. The molecule has 0 saturated carbocycles. The Labute approximate surface area is 147 Å². The van der Waals surface area contributed by atoms with E-state index in [1.165, 1.54) is 0 Å². The van der Waals surface area contributed by atoms with Crippen LogP contribution in [0.4, 0.5) is 0 Å². The number of hydrogen-bond acceptors (Lipinski definition) is 5. The molecule has 0 bridgehead atoms. The first-order chi connectivity index (χ1) is 12.1. The van der Waals surface area contributed by atoms with Crippen molar-refractivity contribution in [2.45, 2.75) is 38.3 Å². The summed E-state index contributed by atoms with van der Waals surface area (Å²) in [5.74, 6) is 2.33. The summed E-state index contributed by atoms with van der Waals surface area (Å²) in [6.07, 6.45) is 1.88. The van der Waals surface area contributed by atoms with Crippen LogP contribution in [0, 0.1) is 6.92 Å². The van der Waals surface area contributed by atoms with E-state index in [0.29, 0.717) is 25.2 Å². The minimum atomic E-state index is -0.127. The molecule has 0 spiro atoms. The van der Waals surface area contributed by atoms with E-state index in [2.05, 4.69) is 15.2 Å². The monoisotopic (exact) mass is 344 g/mol. The number of aromatic amines is 1. The molecule has 1 amide bonds. The summed E-state index contributed by atoms with van der Waals surface area (Å²) < 4.78 is 10.6. The molecule has 0 radical (unpaired) electrons. The van der Waals surface area contributed by atoms with Gasteiger partial charge in [0.1, 0.15) is 11.6 Å². The zero-order valence-electron chi connectivity index (χ0n) is 14.9. The van der Waals surface area contributed by atoms with Crippen molar-refractivity contribution in [2.24, 2.45) is 0 Å². The van der Waals surface area contributed by atoms with Gasteiger partial charge in [-0.05, 0) is 31.0 Å². The normalized spacial score (nSPS) is 20.0. The molecule has 1 saturated heterocycles. The molecule has 134 valence electrons. The van der Waals surface area contributed by atoms with Gasteiger partial charge < -0.3 is 14.4 Å². The number of H-pyrrole nitrogens is 1. The van der Waals surface area contributed by atoms with Gasteiger partial charge in [0.25, 0.3) is 0 Å². The smallest absolute Gasteiger partial charge is 0.223 e. The van der Waals surface area contributed by atoms with E-state index >= 15 is 0 Å². The maximum atomic E-state index is 12.8. The first kappa shape index (κ1) is 17.4. The highest BCUT2D eigenvalue weighted by Gasteiger charge is 2.38. The van der Waals surface area contributed by atoms with E-state index in [1.807, 2.05) is 36.1 Å². The third-order valence-electron chi connectivity index (χ3n) is 4.62. The molecular formula is C18H24N4O3. The molecule has 1 fully saturated rings. The minimum Gasteiger partial charge on any atom is -0.497 e. The first-order valence-corrected chi connectivity index (χ1v) is 8.44. The van der Waals surface area contributed by atoms with Crippen molar-refractivity contribution in [3.05, 3.63) is 41.5 Å². The van der Waals surface area contributed by atoms with E-state index in [-0.39, 0.29) is 18.1 Å². The van der Waals surface area contributed by atoms with Crippen molar-refractivity contribution in [3.63, 3.8) is 0 Å². The van der Waals surface area contributed by atoms with Gasteiger partial charge in [-0.25, -0.2) is 4.98 Å². The average Bonchev–Trinajstić information content (AvgIpc) is 3.26. The van der Waals surface area contributed by atoms with Crippen LogP contribution in [0.2, 0.25) is 0 Å². The number of ether oxygens (including phenoxy) is 2. The summed E-state index contributed by atoms with van der Waals surface area (Å²) in [6.45, 7) is 2.44. The number of rotatable bonds is 6. The van der Waals surface area contributed by atoms with E-state index in [4.69, 9.17) is 9.47 Å². The van der Waals surface area contributed by atoms with Crippen LogP contribution >= 0.6 is 0 Å². The van der Waals surface area contributed by atoms with Crippen molar-refractivity contribution in [1.29, 1.82) is 0 Å². The number of aryl methyl sites for hydroxylation is 2. The lowest BCUT2D eigenvalue weighted by Crippen LogP contribution is -2.32. The van der Waals surface area contributed by atoms with Crippen molar-refractivity contribution >= 4 is 5.91 Å². The largest absolute Gasteiger partial charge is 0.497 e. The lowest BCUT2D eigenvalue weighted by atomic mass is 10.1. The Morgan fingerprint density at radius 2 is 2.08 bits per heavy atom. The summed E-state index contributed by atoms with van der Waals surface area (Å²) in [4.78, 5) is 19.0. The molecule has 3 rings (SSSR count). The van der Waals surface area contributed by atoms with Crippen LogP contribution < -0.4 is 4.74 Å². The Hall–Kier alpha value is -2.41. The summed E-state index contributed by atoms with van der Waals surface area (Å²) in [5.41, 5.74) is 1.11. The van der Waals surface area contributed by atoms with E-state index in [9.17, 15) is 4.79 Å². The van der Waals surface area contributed by atoms with Crippen LogP contribution in [0.25, 0.3) is 0 Å². The molecule has 1 aromatic heterocycles. The molecule has 1 aliphatic heterocycles. The van der Waals surface area contributed by atoms with Crippen LogP contribution in [-0.2, 0) is 16.0 Å². The minimum absolute atomic E-state index is 0.0220. The number of carbonyl (C=O) groups is 1. The van der Waals surface area contributed by atoms with Gasteiger partial charge >= 0.3 is 0 Å². The maximum Gasteiger partial charge on any atom is 0.223 e. The number of aromatic nitrogens is 3. The molecule has 7 heteroatoms. The zero-order chi connectivity index (χ0) is 17.8. The summed E-state index contributed by atoms with van der Waals surface area (Å²) >= 11 is 0. The van der Waals surface area contributed by atoms with Gasteiger partial charge in [-0.3, -0.25) is 9.89 Å². The van der Waals surface area contributed by atoms with Crippen LogP contribution in [-0.4, -0.2) is 52.9 Å². The fourth-order valence-electron chi connectivity index (χ4n) is 3.18. The van der Waals surface area contributed by atoms with E-state index < -0.39 is 0 Å². The highest BCUT2D eigenvalue weighted by atomic mass is 16.5.